The number of benzene rings is 2. The second-order valence-electron chi connectivity index (χ2n) is 8.11. The first-order valence-corrected chi connectivity index (χ1v) is 11.4. The maximum absolute atomic E-state index is 11.8. The van der Waals surface area contributed by atoms with E-state index in [0.29, 0.717) is 48.8 Å². The van der Waals surface area contributed by atoms with Crippen molar-refractivity contribution in [3.05, 3.63) is 82.9 Å². The molecule has 1 fully saturated rings. The molecule has 36 heavy (non-hydrogen) atoms. The lowest BCUT2D eigenvalue weighted by Gasteiger charge is -2.23. The fourth-order valence-electron chi connectivity index (χ4n) is 3.76. The highest BCUT2D eigenvalue weighted by Gasteiger charge is 2.21. The van der Waals surface area contributed by atoms with Gasteiger partial charge in [0.15, 0.2) is 5.75 Å². The molecule has 0 bridgehead atoms. The molecule has 5 rings (SSSR count). The quantitative estimate of drug-likeness (QED) is 0.266. The van der Waals surface area contributed by atoms with Crippen LogP contribution in [0.3, 0.4) is 0 Å². The minimum atomic E-state index is -0.468. The van der Waals surface area contributed by atoms with Gasteiger partial charge in [0, 0.05) is 30.6 Å². The number of nitrogens with zero attached hydrogens (tertiary/aromatic N) is 4. The molecular formula is C25H24N6O5. The zero-order chi connectivity index (χ0) is 24.7. The van der Waals surface area contributed by atoms with Crippen molar-refractivity contribution in [2.45, 2.75) is 12.6 Å². The minimum absolute atomic E-state index is 0.0346. The third kappa shape index (κ3) is 5.65. The van der Waals surface area contributed by atoms with E-state index in [9.17, 15) is 10.1 Å². The summed E-state index contributed by atoms with van der Waals surface area (Å²) in [6.07, 6.45) is 3.13. The first-order valence-electron chi connectivity index (χ1n) is 11.4. The number of ether oxygens (including phenoxy) is 3. The Hall–Kier alpha value is -4.35. The van der Waals surface area contributed by atoms with E-state index in [-0.39, 0.29) is 24.1 Å². The van der Waals surface area contributed by atoms with E-state index in [4.69, 9.17) is 14.2 Å². The highest BCUT2D eigenvalue weighted by Crippen LogP contribution is 2.35. The Morgan fingerprint density at radius 3 is 2.75 bits per heavy atom. The van der Waals surface area contributed by atoms with E-state index < -0.39 is 4.92 Å². The van der Waals surface area contributed by atoms with E-state index in [1.54, 1.807) is 12.3 Å². The molecule has 1 aliphatic rings. The molecule has 11 heteroatoms. The summed E-state index contributed by atoms with van der Waals surface area (Å²) in [5, 5.41) is 18.8. The van der Waals surface area contributed by atoms with Gasteiger partial charge in [0.1, 0.15) is 31.1 Å². The van der Waals surface area contributed by atoms with Crippen LogP contribution in [0.5, 0.6) is 11.5 Å². The molecule has 4 aromatic rings. The molecule has 0 spiro atoms. The fourth-order valence-corrected chi connectivity index (χ4v) is 3.76. The first-order chi connectivity index (χ1) is 17.7. The van der Waals surface area contributed by atoms with Gasteiger partial charge >= 0.3 is 5.69 Å². The zero-order valence-corrected chi connectivity index (χ0v) is 19.3. The van der Waals surface area contributed by atoms with Gasteiger partial charge in [-0.15, -0.1) is 0 Å². The van der Waals surface area contributed by atoms with Crippen LogP contribution in [-0.2, 0) is 11.3 Å². The zero-order valence-electron chi connectivity index (χ0n) is 19.3. The van der Waals surface area contributed by atoms with Crippen molar-refractivity contribution in [2.24, 2.45) is 0 Å². The van der Waals surface area contributed by atoms with E-state index in [1.807, 2.05) is 42.5 Å². The van der Waals surface area contributed by atoms with Crippen LogP contribution in [0.1, 0.15) is 5.69 Å². The van der Waals surface area contributed by atoms with E-state index >= 15 is 0 Å². The van der Waals surface area contributed by atoms with Gasteiger partial charge in [-0.1, -0.05) is 6.07 Å². The van der Waals surface area contributed by atoms with E-state index in [0.717, 1.165) is 11.4 Å². The molecule has 1 aliphatic heterocycles. The lowest BCUT2D eigenvalue weighted by molar-refractivity contribution is -0.385. The van der Waals surface area contributed by atoms with E-state index in [1.165, 1.54) is 12.4 Å². The van der Waals surface area contributed by atoms with Gasteiger partial charge in [-0.3, -0.25) is 15.1 Å². The van der Waals surface area contributed by atoms with Crippen LogP contribution < -0.4 is 20.1 Å². The van der Waals surface area contributed by atoms with Gasteiger partial charge in [0.2, 0.25) is 0 Å². The number of nitro groups is 1. The second-order valence-corrected chi connectivity index (χ2v) is 8.11. The van der Waals surface area contributed by atoms with Crippen LogP contribution in [0.2, 0.25) is 0 Å². The molecule has 3 heterocycles. The van der Waals surface area contributed by atoms with Crippen LogP contribution in [0.25, 0.3) is 10.9 Å². The standard InChI is InChI=1S/C25H24N6O5/c32-31(33)23-11-21-22(12-24(23)36-15-19-13-34-10-9-27-19)28-16-29-25(21)30-17-4-6-20(7-5-17)35-14-18-3-1-2-8-26-18/h1-8,11-12,16,19,27H,9-10,13-15H2,(H,28,29,30). The number of rotatable bonds is 9. The Morgan fingerprint density at radius 1 is 1.11 bits per heavy atom. The summed E-state index contributed by atoms with van der Waals surface area (Å²) in [6.45, 7) is 2.46. The predicted molar refractivity (Wildman–Crippen MR) is 133 cm³/mol. The summed E-state index contributed by atoms with van der Waals surface area (Å²) in [7, 11) is 0. The normalized spacial score (nSPS) is 15.4. The molecular weight excluding hydrogens is 464 g/mol. The highest BCUT2D eigenvalue weighted by molar-refractivity contribution is 5.93. The largest absolute Gasteiger partial charge is 0.487 e. The number of pyridine rings is 1. The third-order valence-electron chi connectivity index (χ3n) is 5.58. The number of fused-ring (bicyclic) bond motifs is 1. The number of nitrogens with one attached hydrogen (secondary N) is 2. The molecule has 1 saturated heterocycles. The predicted octanol–water partition coefficient (Wildman–Crippen LogP) is 3.62. The Morgan fingerprint density at radius 2 is 2.00 bits per heavy atom. The molecule has 1 atom stereocenters. The van der Waals surface area contributed by atoms with Crippen molar-refractivity contribution >= 4 is 28.1 Å². The average molecular weight is 489 g/mol. The molecule has 0 amide bonds. The van der Waals surface area contributed by atoms with Crippen LogP contribution in [-0.4, -0.2) is 52.3 Å². The van der Waals surface area contributed by atoms with Crippen molar-refractivity contribution in [2.75, 3.05) is 31.7 Å². The third-order valence-corrected chi connectivity index (χ3v) is 5.58. The number of aromatic nitrogens is 3. The molecule has 2 aromatic carbocycles. The number of hydrogen-bond donors (Lipinski definition) is 2. The van der Waals surface area contributed by atoms with Crippen molar-refractivity contribution < 1.29 is 19.1 Å². The van der Waals surface area contributed by atoms with Gasteiger partial charge in [0.05, 0.1) is 40.8 Å². The van der Waals surface area contributed by atoms with Crippen molar-refractivity contribution in [1.29, 1.82) is 0 Å². The summed E-state index contributed by atoms with van der Waals surface area (Å²) >= 11 is 0. The monoisotopic (exact) mass is 488 g/mol. The van der Waals surface area contributed by atoms with Crippen molar-refractivity contribution in [1.82, 2.24) is 20.3 Å². The van der Waals surface area contributed by atoms with Gasteiger partial charge in [0.25, 0.3) is 0 Å². The second kappa shape index (κ2) is 10.9. The van der Waals surface area contributed by atoms with Crippen molar-refractivity contribution in [3.8, 4) is 11.5 Å². The first kappa shape index (κ1) is 23.4. The molecule has 2 aromatic heterocycles. The number of hydrogen-bond acceptors (Lipinski definition) is 10. The summed E-state index contributed by atoms with van der Waals surface area (Å²) < 4.78 is 17.0. The molecule has 0 saturated carbocycles. The number of anilines is 2. The van der Waals surface area contributed by atoms with Gasteiger partial charge in [-0.2, -0.15) is 0 Å². The number of nitro benzene ring substituents is 1. The molecule has 184 valence electrons. The maximum atomic E-state index is 11.8. The SMILES string of the molecule is O=[N+]([O-])c1cc2c(Nc3ccc(OCc4ccccn4)cc3)ncnc2cc1OCC1COCCN1. The summed E-state index contributed by atoms with van der Waals surface area (Å²) in [5.41, 5.74) is 1.94. The molecule has 11 nitrogen and oxygen atoms in total. The molecule has 2 N–H and O–H groups in total. The summed E-state index contributed by atoms with van der Waals surface area (Å²) in [4.78, 5) is 24.2. The van der Waals surface area contributed by atoms with Crippen LogP contribution >= 0.6 is 0 Å². The summed E-state index contributed by atoms with van der Waals surface area (Å²) in [6, 6.07) is 16.0. The lowest BCUT2D eigenvalue weighted by atomic mass is 10.2. The Labute approximate surface area is 206 Å². The van der Waals surface area contributed by atoms with Gasteiger partial charge < -0.3 is 24.8 Å². The van der Waals surface area contributed by atoms with Crippen molar-refractivity contribution in [3.63, 3.8) is 0 Å². The Bertz CT molecular complexity index is 1330. The molecule has 0 radical (unpaired) electrons. The number of morpholine rings is 1. The Kier molecular flexibility index (Phi) is 7.10. The lowest BCUT2D eigenvalue weighted by Crippen LogP contribution is -2.44. The summed E-state index contributed by atoms with van der Waals surface area (Å²) in [5.74, 6) is 1.28. The topological polar surface area (TPSA) is 134 Å². The molecule has 0 aliphatic carbocycles. The maximum Gasteiger partial charge on any atom is 0.311 e. The molecule has 1 unspecified atom stereocenters. The van der Waals surface area contributed by atoms with Crippen LogP contribution in [0.4, 0.5) is 17.2 Å². The van der Waals surface area contributed by atoms with Crippen LogP contribution in [0.15, 0.2) is 67.1 Å². The average Bonchev–Trinajstić information content (AvgIpc) is 2.92. The fraction of sp³-hybridized carbons (Fsp3) is 0.240. The van der Waals surface area contributed by atoms with Gasteiger partial charge in [-0.05, 0) is 36.4 Å². The smallest absolute Gasteiger partial charge is 0.311 e. The van der Waals surface area contributed by atoms with E-state index in [2.05, 4.69) is 25.6 Å². The Balaban J connectivity index is 1.32. The minimum Gasteiger partial charge on any atom is -0.487 e. The van der Waals surface area contributed by atoms with Gasteiger partial charge in [-0.25, -0.2) is 9.97 Å². The highest BCUT2D eigenvalue weighted by atomic mass is 16.6. The van der Waals surface area contributed by atoms with Crippen LogP contribution in [0, 0.1) is 10.1 Å².